The van der Waals surface area contributed by atoms with Gasteiger partial charge >= 0.3 is 0 Å². The van der Waals surface area contributed by atoms with Crippen LogP contribution in [0.5, 0.6) is 0 Å². The lowest BCUT2D eigenvalue weighted by atomic mass is 9.91. The van der Waals surface area contributed by atoms with Gasteiger partial charge in [-0.15, -0.1) is 0 Å². The summed E-state index contributed by atoms with van der Waals surface area (Å²) in [5.41, 5.74) is 1.93. The average molecular weight is 370 g/mol. The molecule has 1 aliphatic heterocycles. The van der Waals surface area contributed by atoms with Crippen LogP contribution >= 0.6 is 0 Å². The number of carbonyl (C=O) groups excluding carboxylic acids is 2. The summed E-state index contributed by atoms with van der Waals surface area (Å²) in [5, 5.41) is 9.72. The van der Waals surface area contributed by atoms with E-state index in [1.807, 2.05) is 4.90 Å². The number of nitrogens with zero attached hydrogens (tertiary/aromatic N) is 2. The van der Waals surface area contributed by atoms with Crippen molar-refractivity contribution in [2.75, 3.05) is 25.0 Å². The monoisotopic (exact) mass is 370 g/mol. The second-order valence-electron chi connectivity index (χ2n) is 6.90. The number of ketones is 1. The van der Waals surface area contributed by atoms with Gasteiger partial charge in [0.25, 0.3) is 5.91 Å². The smallest absolute Gasteiger partial charge is 0.276 e. The fraction of sp³-hybridized carbons (Fsp3) is 0.333. The molecule has 0 saturated carbocycles. The van der Waals surface area contributed by atoms with Gasteiger partial charge in [-0.3, -0.25) is 14.8 Å². The molecule has 2 aromatic rings. The van der Waals surface area contributed by atoms with E-state index in [9.17, 15) is 19.2 Å². The molecule has 0 radical (unpaired) electrons. The molecule has 0 aliphatic carbocycles. The number of benzene rings is 2. The van der Waals surface area contributed by atoms with Crippen molar-refractivity contribution in [1.82, 2.24) is 5.06 Å². The number of hydrogen-bond donors (Lipinski definition) is 1. The van der Waals surface area contributed by atoms with Crippen LogP contribution in [-0.2, 0) is 0 Å². The van der Waals surface area contributed by atoms with Gasteiger partial charge in [0.2, 0.25) is 0 Å². The molecule has 5 nitrogen and oxygen atoms in total. The van der Waals surface area contributed by atoms with E-state index in [4.69, 9.17) is 0 Å². The first-order valence-corrected chi connectivity index (χ1v) is 9.04. The first-order valence-electron chi connectivity index (χ1n) is 9.04. The van der Waals surface area contributed by atoms with Crippen molar-refractivity contribution >= 4 is 17.4 Å². The van der Waals surface area contributed by atoms with Crippen LogP contribution < -0.4 is 4.90 Å². The second kappa shape index (κ2) is 7.88. The van der Waals surface area contributed by atoms with Crippen LogP contribution in [0.4, 0.5) is 10.1 Å². The predicted octanol–water partition coefficient (Wildman–Crippen LogP) is 3.87. The molecule has 1 saturated heterocycles. The van der Waals surface area contributed by atoms with E-state index in [0.29, 0.717) is 21.9 Å². The Morgan fingerprint density at radius 2 is 1.67 bits per heavy atom. The highest BCUT2D eigenvalue weighted by Gasteiger charge is 2.21. The van der Waals surface area contributed by atoms with Crippen LogP contribution in [0, 0.1) is 5.82 Å². The molecule has 1 amide bonds. The molecular formula is C21H23FN2O3. The Morgan fingerprint density at radius 3 is 2.22 bits per heavy atom. The minimum Gasteiger partial charge on any atom is -0.369 e. The number of hydrogen-bond acceptors (Lipinski definition) is 4. The molecule has 1 heterocycles. The summed E-state index contributed by atoms with van der Waals surface area (Å²) in [6.45, 7) is 3.44. The third kappa shape index (κ3) is 4.01. The molecular weight excluding hydrogens is 347 g/mol. The number of halogens is 1. The Bertz CT molecular complexity index is 843. The van der Waals surface area contributed by atoms with Crippen LogP contribution in [0.25, 0.3) is 0 Å². The summed E-state index contributed by atoms with van der Waals surface area (Å²) in [5.74, 6) is -1.56. The standard InChI is InChI=1S/C21H23FN2O3/c1-14(15-5-7-16(8-6-15)21(26)23(2)27)20(25)17-9-10-19(18(22)13-17)24-11-3-4-12-24/h5-10,13-14,27H,3-4,11-12H2,1-2H3. The highest BCUT2D eigenvalue weighted by atomic mass is 19.1. The molecule has 1 atom stereocenters. The van der Waals surface area contributed by atoms with Crippen molar-refractivity contribution in [2.24, 2.45) is 0 Å². The molecule has 27 heavy (non-hydrogen) atoms. The summed E-state index contributed by atoms with van der Waals surface area (Å²) < 4.78 is 14.5. The topological polar surface area (TPSA) is 60.9 Å². The zero-order valence-electron chi connectivity index (χ0n) is 15.5. The Hall–Kier alpha value is -2.73. The molecule has 0 spiro atoms. The van der Waals surface area contributed by atoms with Crippen molar-refractivity contribution in [3.63, 3.8) is 0 Å². The molecule has 142 valence electrons. The number of amides is 1. The van der Waals surface area contributed by atoms with Gasteiger partial charge < -0.3 is 4.90 Å². The second-order valence-corrected chi connectivity index (χ2v) is 6.90. The summed E-state index contributed by atoms with van der Waals surface area (Å²) in [6.07, 6.45) is 2.11. The molecule has 3 rings (SSSR count). The number of hydroxylamine groups is 2. The van der Waals surface area contributed by atoms with Gasteiger partial charge in [0, 0.05) is 37.2 Å². The average Bonchev–Trinajstić information content (AvgIpc) is 3.20. The Kier molecular flexibility index (Phi) is 5.56. The minimum atomic E-state index is -0.528. The number of rotatable bonds is 5. The minimum absolute atomic E-state index is 0.180. The Labute approximate surface area is 158 Å². The number of anilines is 1. The normalized spacial score (nSPS) is 14.9. The zero-order valence-corrected chi connectivity index (χ0v) is 15.5. The molecule has 1 unspecified atom stereocenters. The quantitative estimate of drug-likeness (QED) is 0.493. The maximum absolute atomic E-state index is 14.5. The predicted molar refractivity (Wildman–Crippen MR) is 101 cm³/mol. The van der Waals surface area contributed by atoms with E-state index in [1.54, 1.807) is 43.3 Å². The van der Waals surface area contributed by atoms with Gasteiger partial charge in [0.15, 0.2) is 5.78 Å². The van der Waals surface area contributed by atoms with Crippen molar-refractivity contribution in [3.8, 4) is 0 Å². The lowest BCUT2D eigenvalue weighted by molar-refractivity contribution is -0.0374. The largest absolute Gasteiger partial charge is 0.369 e. The summed E-state index contributed by atoms with van der Waals surface area (Å²) in [4.78, 5) is 26.5. The molecule has 0 aromatic heterocycles. The molecule has 2 aromatic carbocycles. The zero-order chi connectivity index (χ0) is 19.6. The lowest BCUT2D eigenvalue weighted by Crippen LogP contribution is -2.22. The van der Waals surface area contributed by atoms with Crippen molar-refractivity contribution < 1.29 is 19.2 Å². The van der Waals surface area contributed by atoms with E-state index in [1.165, 1.54) is 13.1 Å². The van der Waals surface area contributed by atoms with Crippen molar-refractivity contribution in [3.05, 3.63) is 65.0 Å². The van der Waals surface area contributed by atoms with Crippen LogP contribution in [0.3, 0.4) is 0 Å². The third-order valence-electron chi connectivity index (χ3n) is 5.02. The van der Waals surface area contributed by atoms with Gasteiger partial charge in [-0.05, 0) is 48.7 Å². The van der Waals surface area contributed by atoms with E-state index in [2.05, 4.69) is 0 Å². The molecule has 1 fully saturated rings. The third-order valence-corrected chi connectivity index (χ3v) is 5.02. The molecule has 0 bridgehead atoms. The summed E-state index contributed by atoms with van der Waals surface area (Å²) in [7, 11) is 1.25. The fourth-order valence-electron chi connectivity index (χ4n) is 3.38. The van der Waals surface area contributed by atoms with Gasteiger partial charge in [0.1, 0.15) is 5.82 Å². The maximum atomic E-state index is 14.5. The Morgan fingerprint density at radius 1 is 1.07 bits per heavy atom. The molecule has 1 aliphatic rings. The van der Waals surface area contributed by atoms with Gasteiger partial charge in [-0.1, -0.05) is 19.1 Å². The Balaban J connectivity index is 1.77. The van der Waals surface area contributed by atoms with Gasteiger partial charge in [-0.2, -0.15) is 0 Å². The molecule has 1 N–H and O–H groups in total. The van der Waals surface area contributed by atoms with E-state index >= 15 is 0 Å². The van der Waals surface area contributed by atoms with Crippen LogP contribution in [0.1, 0.15) is 52.0 Å². The van der Waals surface area contributed by atoms with E-state index in [0.717, 1.165) is 31.5 Å². The highest BCUT2D eigenvalue weighted by Crippen LogP contribution is 2.27. The van der Waals surface area contributed by atoms with Gasteiger partial charge in [0.05, 0.1) is 5.69 Å². The summed E-state index contributed by atoms with van der Waals surface area (Å²) in [6, 6.07) is 11.1. The first kappa shape index (κ1) is 19.0. The van der Waals surface area contributed by atoms with Crippen molar-refractivity contribution in [1.29, 1.82) is 0 Å². The van der Waals surface area contributed by atoms with Crippen LogP contribution in [-0.4, -0.2) is 42.1 Å². The number of Topliss-reactive ketones (excluding diaryl/α,β-unsaturated/α-hetero) is 1. The lowest BCUT2D eigenvalue weighted by Gasteiger charge is -2.19. The number of carbonyl (C=O) groups is 2. The molecule has 6 heteroatoms. The van der Waals surface area contributed by atoms with E-state index in [-0.39, 0.29) is 11.6 Å². The van der Waals surface area contributed by atoms with Crippen LogP contribution in [0.15, 0.2) is 42.5 Å². The summed E-state index contributed by atoms with van der Waals surface area (Å²) >= 11 is 0. The maximum Gasteiger partial charge on any atom is 0.276 e. The van der Waals surface area contributed by atoms with Crippen LogP contribution in [0.2, 0.25) is 0 Å². The van der Waals surface area contributed by atoms with E-state index < -0.39 is 11.8 Å². The van der Waals surface area contributed by atoms with Gasteiger partial charge in [-0.25, -0.2) is 9.45 Å². The first-order chi connectivity index (χ1) is 12.9. The van der Waals surface area contributed by atoms with Crippen molar-refractivity contribution in [2.45, 2.75) is 25.7 Å². The SMILES string of the molecule is CC(C(=O)c1ccc(N2CCCC2)c(F)c1)c1ccc(C(=O)N(C)O)cc1. The fourth-order valence-corrected chi connectivity index (χ4v) is 3.38. The highest BCUT2D eigenvalue weighted by molar-refractivity contribution is 6.01.